The van der Waals surface area contributed by atoms with Crippen molar-refractivity contribution in [2.24, 2.45) is 5.92 Å². The third-order valence-electron chi connectivity index (χ3n) is 4.70. The molecule has 3 N–H and O–H groups in total. The molecule has 2 atom stereocenters. The van der Waals surface area contributed by atoms with Crippen LogP contribution in [0, 0.1) is 5.92 Å². The summed E-state index contributed by atoms with van der Waals surface area (Å²) in [5, 5.41) is 7.48. The first-order chi connectivity index (χ1) is 14.8. The van der Waals surface area contributed by atoms with Gasteiger partial charge in [0.1, 0.15) is 24.5 Å². The van der Waals surface area contributed by atoms with Crippen LogP contribution in [0.1, 0.15) is 31.1 Å². The number of nitrogens with zero attached hydrogens (tertiary/aromatic N) is 1. The monoisotopic (exact) mass is 428 g/mol. The van der Waals surface area contributed by atoms with Crippen molar-refractivity contribution in [1.82, 2.24) is 20.9 Å². The van der Waals surface area contributed by atoms with Crippen LogP contribution in [0.3, 0.4) is 0 Å². The van der Waals surface area contributed by atoms with Gasteiger partial charge in [0.25, 0.3) is 5.91 Å². The number of aromatic nitrogens is 1. The van der Waals surface area contributed by atoms with E-state index in [0.717, 1.165) is 5.56 Å². The predicted molar refractivity (Wildman–Crippen MR) is 107 cm³/mol. The lowest BCUT2D eigenvalue weighted by Gasteiger charge is -2.24. The van der Waals surface area contributed by atoms with E-state index in [4.69, 9.17) is 9.15 Å². The molecule has 0 fully saturated rings. The zero-order valence-electron chi connectivity index (χ0n) is 17.2. The Hall–Kier alpha value is -3.69. The Morgan fingerprint density at radius 1 is 1.26 bits per heavy atom. The Balaban J connectivity index is 1.64. The Morgan fingerprint density at radius 3 is 2.71 bits per heavy atom. The number of carbonyl (C=O) groups is 4. The Morgan fingerprint density at radius 2 is 2.00 bits per heavy atom. The van der Waals surface area contributed by atoms with Crippen molar-refractivity contribution in [3.8, 4) is 0 Å². The molecule has 3 amide bonds. The van der Waals surface area contributed by atoms with Crippen LogP contribution in [0.5, 0.6) is 0 Å². The molecular formula is C21H24N4O6. The number of ether oxygens (including phenoxy) is 1. The van der Waals surface area contributed by atoms with Crippen LogP contribution >= 0.6 is 0 Å². The van der Waals surface area contributed by atoms with Crippen molar-refractivity contribution in [3.63, 3.8) is 0 Å². The van der Waals surface area contributed by atoms with Crippen molar-refractivity contribution < 1.29 is 28.3 Å². The van der Waals surface area contributed by atoms with Crippen LogP contribution in [-0.2, 0) is 38.7 Å². The number of ketones is 1. The van der Waals surface area contributed by atoms with Crippen LogP contribution in [0.2, 0.25) is 0 Å². The fraction of sp³-hybridized carbons (Fsp3) is 0.381. The molecule has 1 aliphatic rings. The summed E-state index contributed by atoms with van der Waals surface area (Å²) in [6.45, 7) is 3.55. The summed E-state index contributed by atoms with van der Waals surface area (Å²) < 4.78 is 10.6. The van der Waals surface area contributed by atoms with Crippen molar-refractivity contribution in [2.75, 3.05) is 0 Å². The molecule has 0 saturated heterocycles. The van der Waals surface area contributed by atoms with Crippen LogP contribution in [0.25, 0.3) is 0 Å². The summed E-state index contributed by atoms with van der Waals surface area (Å²) in [4.78, 5) is 53.6. The molecule has 10 heteroatoms. The Bertz CT molecular complexity index is 956. The molecule has 0 spiro atoms. The quantitative estimate of drug-likeness (QED) is 0.580. The van der Waals surface area contributed by atoms with Gasteiger partial charge in [-0.15, -0.1) is 0 Å². The lowest BCUT2D eigenvalue weighted by atomic mass is 10.0. The number of oxazole rings is 1. The summed E-state index contributed by atoms with van der Waals surface area (Å²) in [7, 11) is 0. The van der Waals surface area contributed by atoms with Gasteiger partial charge in [-0.25, -0.2) is 9.78 Å². The second-order valence-corrected chi connectivity index (χ2v) is 7.46. The Labute approximate surface area is 178 Å². The second-order valence-electron chi connectivity index (χ2n) is 7.46. The molecule has 0 saturated carbocycles. The lowest BCUT2D eigenvalue weighted by Crippen LogP contribution is -2.56. The normalized spacial score (nSPS) is 17.1. The number of benzene rings is 1. The van der Waals surface area contributed by atoms with E-state index in [1.54, 1.807) is 13.8 Å². The Kier molecular flexibility index (Phi) is 7.01. The first-order valence-corrected chi connectivity index (χ1v) is 9.86. The summed E-state index contributed by atoms with van der Waals surface area (Å²) in [5.74, 6) is -1.95. The van der Waals surface area contributed by atoms with Gasteiger partial charge in [-0.05, 0) is 11.5 Å². The van der Waals surface area contributed by atoms with E-state index < -0.39 is 35.8 Å². The average molecular weight is 428 g/mol. The number of Topliss-reactive ketones (excluding diaryl/α,β-unsaturated/α-hetero) is 1. The summed E-state index contributed by atoms with van der Waals surface area (Å²) in [6.07, 6.45) is 0.598. The number of hydrogen-bond donors (Lipinski definition) is 3. The molecule has 1 aromatic carbocycles. The zero-order valence-corrected chi connectivity index (χ0v) is 17.2. The molecule has 2 unspecified atom stereocenters. The van der Waals surface area contributed by atoms with Crippen LogP contribution in [-0.4, -0.2) is 40.8 Å². The number of nitrogens with one attached hydrogen (secondary N) is 3. The van der Waals surface area contributed by atoms with Crippen molar-refractivity contribution >= 4 is 23.7 Å². The number of alkyl carbamates (subject to hydrolysis) is 1. The summed E-state index contributed by atoms with van der Waals surface area (Å²) in [6, 6.07) is 6.95. The van der Waals surface area contributed by atoms with Gasteiger partial charge in [-0.1, -0.05) is 44.2 Å². The highest BCUT2D eigenvalue weighted by molar-refractivity contribution is 6.38. The van der Waals surface area contributed by atoms with Crippen LogP contribution in [0.15, 0.2) is 40.9 Å². The minimum absolute atomic E-state index is 0.0294. The standard InChI is InChI=1S/C21H24N4O6/c1-12(2)17(25-21(29)30-11-13-6-4-3-5-7-13)19(27)24-15-8-16-22-9-14(31-16)10-23-20(28)18(15)26/h3-7,9,12,15,17H,8,10-11H2,1-2H3,(H,23,28)(H,24,27)(H,25,29). The number of hydrogen-bond acceptors (Lipinski definition) is 7. The third kappa shape index (κ3) is 5.91. The molecule has 2 heterocycles. The minimum atomic E-state index is -1.18. The molecule has 1 aliphatic heterocycles. The van der Waals surface area contributed by atoms with Gasteiger partial charge in [0.15, 0.2) is 5.89 Å². The maximum Gasteiger partial charge on any atom is 0.408 e. The highest BCUT2D eigenvalue weighted by atomic mass is 16.5. The number of amides is 3. The van der Waals surface area contributed by atoms with Crippen LogP contribution in [0.4, 0.5) is 4.79 Å². The summed E-state index contributed by atoms with van der Waals surface area (Å²) in [5.41, 5.74) is 0.802. The lowest BCUT2D eigenvalue weighted by molar-refractivity contribution is -0.140. The molecule has 0 radical (unpaired) electrons. The molecule has 0 aliphatic carbocycles. The van der Waals surface area contributed by atoms with E-state index in [-0.39, 0.29) is 31.4 Å². The molecule has 1 aromatic heterocycles. The highest BCUT2D eigenvalue weighted by Gasteiger charge is 2.33. The largest absolute Gasteiger partial charge is 0.445 e. The SMILES string of the molecule is CC(C)C(NC(=O)OCc1ccccc1)C(=O)NC1Cc2ncc(o2)CNC(=O)C1=O. The average Bonchev–Trinajstić information content (AvgIpc) is 3.21. The fourth-order valence-electron chi connectivity index (χ4n) is 3.01. The van der Waals surface area contributed by atoms with Gasteiger partial charge in [0.2, 0.25) is 11.7 Å². The van der Waals surface area contributed by atoms with Crippen molar-refractivity contribution in [1.29, 1.82) is 0 Å². The van der Waals surface area contributed by atoms with Gasteiger partial charge in [0, 0.05) is 0 Å². The smallest absolute Gasteiger partial charge is 0.408 e. The van der Waals surface area contributed by atoms with Gasteiger partial charge in [0.05, 0.1) is 19.2 Å². The maximum atomic E-state index is 12.8. The topological polar surface area (TPSA) is 140 Å². The van der Waals surface area contributed by atoms with E-state index in [0.29, 0.717) is 5.76 Å². The number of carbonyl (C=O) groups excluding carboxylic acids is 4. The molecular weight excluding hydrogens is 404 g/mol. The van der Waals surface area contributed by atoms with Gasteiger partial charge in [-0.2, -0.15) is 0 Å². The molecule has 2 aromatic rings. The minimum Gasteiger partial charge on any atom is -0.445 e. The fourth-order valence-corrected chi connectivity index (χ4v) is 3.01. The van der Waals surface area contributed by atoms with E-state index in [2.05, 4.69) is 20.9 Å². The first-order valence-electron chi connectivity index (χ1n) is 9.86. The molecule has 31 heavy (non-hydrogen) atoms. The molecule has 3 rings (SSSR count). The predicted octanol–water partition coefficient (Wildman–Crippen LogP) is 0.852. The van der Waals surface area contributed by atoms with Crippen molar-refractivity contribution in [2.45, 2.75) is 45.5 Å². The van der Waals surface area contributed by atoms with Gasteiger partial charge < -0.3 is 25.1 Å². The number of rotatable bonds is 6. The maximum absolute atomic E-state index is 12.8. The van der Waals surface area contributed by atoms with Crippen LogP contribution < -0.4 is 16.0 Å². The van der Waals surface area contributed by atoms with E-state index in [1.165, 1.54) is 6.20 Å². The van der Waals surface area contributed by atoms with E-state index >= 15 is 0 Å². The highest BCUT2D eigenvalue weighted by Crippen LogP contribution is 2.11. The van der Waals surface area contributed by atoms with E-state index in [1.807, 2.05) is 30.3 Å². The molecule has 164 valence electrons. The first kappa shape index (κ1) is 22.0. The molecule has 2 bridgehead atoms. The van der Waals surface area contributed by atoms with Crippen molar-refractivity contribution in [3.05, 3.63) is 53.7 Å². The third-order valence-corrected chi connectivity index (χ3v) is 4.70. The molecule has 10 nitrogen and oxygen atoms in total. The van der Waals surface area contributed by atoms with Gasteiger partial charge in [-0.3, -0.25) is 14.4 Å². The van der Waals surface area contributed by atoms with Gasteiger partial charge >= 0.3 is 6.09 Å². The zero-order chi connectivity index (χ0) is 22.4. The number of fused-ring (bicyclic) bond motifs is 2. The summed E-state index contributed by atoms with van der Waals surface area (Å²) >= 11 is 0. The van der Waals surface area contributed by atoms with E-state index in [9.17, 15) is 19.2 Å². The second kappa shape index (κ2) is 9.88.